The minimum atomic E-state index is -0.411. The molecule has 31 heavy (non-hydrogen) atoms. The molecule has 160 valence electrons. The number of amides is 1. The lowest BCUT2D eigenvalue weighted by molar-refractivity contribution is -0.116. The van der Waals surface area contributed by atoms with Crippen LogP contribution < -0.4 is 20.3 Å². The van der Waals surface area contributed by atoms with Crippen molar-refractivity contribution in [2.45, 2.75) is 13.5 Å². The summed E-state index contributed by atoms with van der Waals surface area (Å²) in [5, 5.41) is 5.51. The number of nitrogens with one attached hydrogen (secondary N) is 1. The summed E-state index contributed by atoms with van der Waals surface area (Å²) in [4.78, 5) is 33.0. The van der Waals surface area contributed by atoms with Gasteiger partial charge < -0.3 is 14.8 Å². The van der Waals surface area contributed by atoms with Gasteiger partial charge in [-0.25, -0.2) is 4.98 Å². The number of thiophene rings is 2. The third-order valence-electron chi connectivity index (χ3n) is 4.63. The van der Waals surface area contributed by atoms with E-state index in [2.05, 4.69) is 10.3 Å². The second-order valence-corrected chi connectivity index (χ2v) is 9.21. The molecule has 0 aliphatic rings. The highest BCUT2D eigenvalue weighted by Gasteiger charge is 2.17. The van der Waals surface area contributed by atoms with Gasteiger partial charge in [-0.3, -0.25) is 14.2 Å². The number of aromatic nitrogens is 2. The Labute approximate surface area is 190 Å². The lowest BCUT2D eigenvalue weighted by atomic mass is 10.2. The Balaban J connectivity index is 1.63. The molecule has 0 aliphatic carbocycles. The summed E-state index contributed by atoms with van der Waals surface area (Å²) in [6.07, 6.45) is 1.39. The van der Waals surface area contributed by atoms with Crippen molar-refractivity contribution in [2.24, 2.45) is 0 Å². The summed E-state index contributed by atoms with van der Waals surface area (Å²) in [5.41, 5.74) is 0.960. The highest BCUT2D eigenvalue weighted by molar-refractivity contribution is 7.19. The van der Waals surface area contributed by atoms with Crippen LogP contribution in [0.1, 0.15) is 4.88 Å². The van der Waals surface area contributed by atoms with E-state index in [-0.39, 0.29) is 12.1 Å². The van der Waals surface area contributed by atoms with Gasteiger partial charge in [0.2, 0.25) is 5.91 Å². The molecule has 3 aromatic heterocycles. The Hall–Kier alpha value is -2.88. The van der Waals surface area contributed by atoms with E-state index >= 15 is 0 Å². The minimum Gasteiger partial charge on any atom is -0.495 e. The molecule has 0 saturated carbocycles. The largest absolute Gasteiger partial charge is 0.495 e. The molecule has 0 saturated heterocycles. The predicted molar refractivity (Wildman–Crippen MR) is 125 cm³/mol. The number of nitrogens with zero attached hydrogens (tertiary/aromatic N) is 2. The average Bonchev–Trinajstić information content (AvgIpc) is 3.36. The summed E-state index contributed by atoms with van der Waals surface area (Å²) in [6.45, 7) is 1.82. The van der Waals surface area contributed by atoms with E-state index in [0.29, 0.717) is 32.4 Å². The standard InChI is InChI=1S/C21H18ClN3O4S2/c1-11-4-5-17(31-11)12-9-30-20-19(12)21(27)25(10-23-20)8-18(26)24-14-6-13(22)15(28-2)7-16(14)29-3/h4-7,9-10H,8H2,1-3H3,(H,24,26). The number of fused-ring (bicyclic) bond motifs is 1. The first-order chi connectivity index (χ1) is 14.9. The number of anilines is 1. The molecule has 3 heterocycles. The zero-order valence-corrected chi connectivity index (χ0v) is 19.3. The first kappa shape index (κ1) is 21.4. The highest BCUT2D eigenvalue weighted by atomic mass is 35.5. The monoisotopic (exact) mass is 475 g/mol. The summed E-state index contributed by atoms with van der Waals surface area (Å²) >= 11 is 9.19. The summed E-state index contributed by atoms with van der Waals surface area (Å²) in [7, 11) is 2.97. The Kier molecular flexibility index (Phi) is 5.99. The van der Waals surface area contributed by atoms with Crippen LogP contribution in [0.25, 0.3) is 20.7 Å². The number of methoxy groups -OCH3 is 2. The number of ether oxygens (including phenoxy) is 2. The van der Waals surface area contributed by atoms with E-state index in [1.165, 1.54) is 42.5 Å². The Morgan fingerprint density at radius 2 is 2.00 bits per heavy atom. The lowest BCUT2D eigenvalue weighted by Crippen LogP contribution is -2.27. The number of aryl methyl sites for hydroxylation is 1. The molecule has 1 N–H and O–H groups in total. The van der Waals surface area contributed by atoms with Crippen LogP contribution >= 0.6 is 34.3 Å². The van der Waals surface area contributed by atoms with Gasteiger partial charge in [-0.2, -0.15) is 0 Å². The molecule has 4 aromatic rings. The molecule has 0 unspecified atom stereocenters. The second-order valence-electron chi connectivity index (χ2n) is 6.65. The van der Waals surface area contributed by atoms with Crippen molar-refractivity contribution in [2.75, 3.05) is 19.5 Å². The smallest absolute Gasteiger partial charge is 0.263 e. The fourth-order valence-corrected chi connectivity index (χ4v) is 5.25. The summed E-state index contributed by atoms with van der Waals surface area (Å²) < 4.78 is 11.8. The van der Waals surface area contributed by atoms with E-state index in [4.69, 9.17) is 21.1 Å². The van der Waals surface area contributed by atoms with Crippen molar-refractivity contribution in [1.82, 2.24) is 9.55 Å². The normalized spacial score (nSPS) is 11.0. The van der Waals surface area contributed by atoms with E-state index in [9.17, 15) is 9.59 Å². The first-order valence-corrected chi connectivity index (χ1v) is 11.2. The van der Waals surface area contributed by atoms with Gasteiger partial charge in [0.25, 0.3) is 5.56 Å². The fourth-order valence-electron chi connectivity index (χ4n) is 3.14. The molecule has 10 heteroatoms. The molecule has 1 aromatic carbocycles. The molecule has 0 aliphatic heterocycles. The zero-order valence-electron chi connectivity index (χ0n) is 16.9. The highest BCUT2D eigenvalue weighted by Crippen LogP contribution is 2.36. The molecule has 0 atom stereocenters. The average molecular weight is 476 g/mol. The van der Waals surface area contributed by atoms with Crippen molar-refractivity contribution < 1.29 is 14.3 Å². The third-order valence-corrected chi connectivity index (χ3v) is 6.84. The van der Waals surface area contributed by atoms with E-state index in [0.717, 1.165) is 15.3 Å². The van der Waals surface area contributed by atoms with Gasteiger partial charge in [-0.05, 0) is 25.1 Å². The van der Waals surface area contributed by atoms with Crippen LogP contribution in [0, 0.1) is 6.92 Å². The van der Waals surface area contributed by atoms with E-state index in [1.54, 1.807) is 17.4 Å². The van der Waals surface area contributed by atoms with Crippen LogP contribution in [0.3, 0.4) is 0 Å². The topological polar surface area (TPSA) is 82.4 Å². The van der Waals surface area contributed by atoms with Crippen LogP contribution in [-0.4, -0.2) is 29.7 Å². The fraction of sp³-hybridized carbons (Fsp3) is 0.190. The number of rotatable bonds is 6. The molecule has 7 nitrogen and oxygen atoms in total. The van der Waals surface area contributed by atoms with Gasteiger partial charge in [-0.15, -0.1) is 22.7 Å². The van der Waals surface area contributed by atoms with E-state index < -0.39 is 5.91 Å². The maximum atomic E-state index is 13.1. The first-order valence-electron chi connectivity index (χ1n) is 9.16. The molecule has 0 spiro atoms. The van der Waals surface area contributed by atoms with Crippen molar-refractivity contribution in [1.29, 1.82) is 0 Å². The van der Waals surface area contributed by atoms with Crippen molar-refractivity contribution in [3.05, 3.63) is 56.2 Å². The van der Waals surface area contributed by atoms with Gasteiger partial charge in [0.15, 0.2) is 0 Å². The van der Waals surface area contributed by atoms with Gasteiger partial charge >= 0.3 is 0 Å². The van der Waals surface area contributed by atoms with Crippen LogP contribution in [0.15, 0.2) is 40.8 Å². The van der Waals surface area contributed by atoms with Crippen molar-refractivity contribution >= 4 is 56.1 Å². The summed E-state index contributed by atoms with van der Waals surface area (Å²) in [5.74, 6) is 0.409. The Morgan fingerprint density at radius 1 is 1.23 bits per heavy atom. The van der Waals surface area contributed by atoms with Gasteiger partial charge in [0.1, 0.15) is 22.9 Å². The Morgan fingerprint density at radius 3 is 2.68 bits per heavy atom. The van der Waals surface area contributed by atoms with Gasteiger partial charge in [-0.1, -0.05) is 11.6 Å². The number of carbonyl (C=O) groups is 1. The maximum absolute atomic E-state index is 13.1. The maximum Gasteiger partial charge on any atom is 0.263 e. The van der Waals surface area contributed by atoms with E-state index in [1.807, 2.05) is 24.4 Å². The molecule has 1 amide bonds. The Bertz CT molecular complexity index is 1340. The second kappa shape index (κ2) is 8.70. The van der Waals surface area contributed by atoms with Crippen molar-refractivity contribution in [3.63, 3.8) is 0 Å². The lowest BCUT2D eigenvalue weighted by Gasteiger charge is -2.13. The number of hydrogen-bond acceptors (Lipinski definition) is 7. The number of carbonyl (C=O) groups excluding carboxylic acids is 1. The summed E-state index contributed by atoms with van der Waals surface area (Å²) in [6, 6.07) is 7.12. The molecular formula is C21H18ClN3O4S2. The predicted octanol–water partition coefficient (Wildman–Crippen LogP) is 4.80. The van der Waals surface area contributed by atoms with Crippen LogP contribution in [0.2, 0.25) is 5.02 Å². The zero-order chi connectivity index (χ0) is 22.1. The molecular weight excluding hydrogens is 458 g/mol. The SMILES string of the molecule is COc1cc(OC)c(NC(=O)Cn2cnc3scc(-c4ccc(C)s4)c3c2=O)cc1Cl. The number of hydrogen-bond donors (Lipinski definition) is 1. The number of benzene rings is 1. The number of halogens is 1. The van der Waals surface area contributed by atoms with Crippen LogP contribution in [0.5, 0.6) is 11.5 Å². The molecule has 0 fully saturated rings. The molecule has 0 bridgehead atoms. The van der Waals surface area contributed by atoms with Crippen LogP contribution in [-0.2, 0) is 11.3 Å². The molecule has 4 rings (SSSR count). The van der Waals surface area contributed by atoms with Gasteiger partial charge in [0.05, 0.1) is 36.6 Å². The van der Waals surface area contributed by atoms with Crippen molar-refractivity contribution in [3.8, 4) is 21.9 Å². The van der Waals surface area contributed by atoms with Gasteiger partial charge in [0, 0.05) is 26.8 Å². The molecule has 0 radical (unpaired) electrons. The minimum absolute atomic E-state index is 0.201. The van der Waals surface area contributed by atoms with Crippen LogP contribution in [0.4, 0.5) is 5.69 Å². The third kappa shape index (κ3) is 4.16. The quantitative estimate of drug-likeness (QED) is 0.433.